The van der Waals surface area contributed by atoms with Gasteiger partial charge in [0.05, 0.1) is 17.1 Å². The molecule has 0 radical (unpaired) electrons. The van der Waals surface area contributed by atoms with Crippen LogP contribution in [-0.2, 0) is 11.2 Å². The molecule has 0 spiro atoms. The molecular weight excluding hydrogens is 438 g/mol. The second-order valence-corrected chi connectivity index (χ2v) is 9.21. The number of rotatable bonds is 4. The fourth-order valence-electron chi connectivity index (χ4n) is 3.45. The average molecular weight is 456 g/mol. The van der Waals surface area contributed by atoms with Crippen LogP contribution < -0.4 is 4.90 Å². The van der Waals surface area contributed by atoms with Crippen molar-refractivity contribution in [2.45, 2.75) is 6.42 Å². The SMILES string of the molecule is O=C(Cc1csc(-c2ccccc2Cl)n1)N1CCN(c2nc3cccnc3s2)CC1. The number of fused-ring (bicyclic) bond motifs is 1. The van der Waals surface area contributed by atoms with Crippen LogP contribution in [0.5, 0.6) is 0 Å². The van der Waals surface area contributed by atoms with Gasteiger partial charge >= 0.3 is 0 Å². The highest BCUT2D eigenvalue weighted by Gasteiger charge is 2.24. The lowest BCUT2D eigenvalue weighted by Crippen LogP contribution is -2.49. The summed E-state index contributed by atoms with van der Waals surface area (Å²) in [7, 11) is 0. The third kappa shape index (κ3) is 3.90. The molecule has 1 aliphatic heterocycles. The molecule has 6 nitrogen and oxygen atoms in total. The number of hydrogen-bond acceptors (Lipinski definition) is 7. The third-order valence-electron chi connectivity index (χ3n) is 5.05. The molecule has 152 valence electrons. The Hall–Kier alpha value is -2.55. The number of halogens is 1. The smallest absolute Gasteiger partial charge is 0.228 e. The fourth-order valence-corrected chi connectivity index (χ4v) is 5.55. The largest absolute Gasteiger partial charge is 0.344 e. The Bertz CT molecular complexity index is 1170. The molecule has 1 aliphatic rings. The quantitative estimate of drug-likeness (QED) is 0.457. The van der Waals surface area contributed by atoms with E-state index >= 15 is 0 Å². The van der Waals surface area contributed by atoms with E-state index in [1.807, 2.05) is 46.7 Å². The predicted octanol–water partition coefficient (Wildman–Crippen LogP) is 4.36. The summed E-state index contributed by atoms with van der Waals surface area (Å²) in [5, 5.41) is 4.43. The summed E-state index contributed by atoms with van der Waals surface area (Å²) in [5.41, 5.74) is 2.62. The van der Waals surface area contributed by atoms with E-state index in [1.165, 1.54) is 11.3 Å². The molecule has 4 heterocycles. The van der Waals surface area contributed by atoms with Crippen LogP contribution in [-0.4, -0.2) is 51.9 Å². The van der Waals surface area contributed by atoms with E-state index in [0.29, 0.717) is 24.5 Å². The Kier molecular flexibility index (Phi) is 5.37. The van der Waals surface area contributed by atoms with Crippen molar-refractivity contribution in [1.82, 2.24) is 19.9 Å². The van der Waals surface area contributed by atoms with E-state index in [2.05, 4.69) is 19.9 Å². The number of carbonyl (C=O) groups excluding carboxylic acids is 1. The van der Waals surface area contributed by atoms with Crippen molar-refractivity contribution < 1.29 is 4.79 Å². The summed E-state index contributed by atoms with van der Waals surface area (Å²) in [6, 6.07) is 11.5. The summed E-state index contributed by atoms with van der Waals surface area (Å²) >= 11 is 9.38. The number of pyridine rings is 1. The number of carbonyl (C=O) groups is 1. The molecule has 3 aromatic heterocycles. The maximum absolute atomic E-state index is 12.8. The highest BCUT2D eigenvalue weighted by Crippen LogP contribution is 2.30. The molecule has 0 unspecified atom stereocenters. The van der Waals surface area contributed by atoms with Crippen molar-refractivity contribution in [3.8, 4) is 10.6 Å². The molecule has 30 heavy (non-hydrogen) atoms. The zero-order valence-corrected chi connectivity index (χ0v) is 18.4. The van der Waals surface area contributed by atoms with Gasteiger partial charge in [0.15, 0.2) is 5.13 Å². The number of anilines is 1. The van der Waals surface area contributed by atoms with Crippen LogP contribution >= 0.6 is 34.3 Å². The fraction of sp³-hybridized carbons (Fsp3) is 0.238. The zero-order chi connectivity index (χ0) is 20.5. The van der Waals surface area contributed by atoms with Crippen molar-refractivity contribution in [2.24, 2.45) is 0 Å². The van der Waals surface area contributed by atoms with Crippen LogP contribution in [0.1, 0.15) is 5.69 Å². The zero-order valence-electron chi connectivity index (χ0n) is 16.0. The molecule has 0 atom stereocenters. The van der Waals surface area contributed by atoms with Crippen molar-refractivity contribution in [3.05, 3.63) is 58.7 Å². The minimum atomic E-state index is 0.108. The van der Waals surface area contributed by atoms with E-state index in [1.54, 1.807) is 17.5 Å². The number of amides is 1. The molecule has 1 amide bonds. The first kappa shape index (κ1) is 19.4. The predicted molar refractivity (Wildman–Crippen MR) is 122 cm³/mol. The lowest BCUT2D eigenvalue weighted by Gasteiger charge is -2.34. The van der Waals surface area contributed by atoms with Gasteiger partial charge in [0, 0.05) is 43.3 Å². The molecular formula is C21H18ClN5OS2. The van der Waals surface area contributed by atoms with Gasteiger partial charge in [-0.1, -0.05) is 41.1 Å². The summed E-state index contributed by atoms with van der Waals surface area (Å²) in [4.78, 5) is 31.5. The van der Waals surface area contributed by atoms with Crippen molar-refractivity contribution in [2.75, 3.05) is 31.1 Å². The molecule has 9 heteroatoms. The molecule has 0 N–H and O–H groups in total. The topological polar surface area (TPSA) is 62.2 Å². The lowest BCUT2D eigenvalue weighted by atomic mass is 10.2. The van der Waals surface area contributed by atoms with Crippen molar-refractivity contribution in [3.63, 3.8) is 0 Å². The van der Waals surface area contributed by atoms with Gasteiger partial charge in [-0.3, -0.25) is 4.79 Å². The van der Waals surface area contributed by atoms with Gasteiger partial charge in [0.25, 0.3) is 0 Å². The van der Waals surface area contributed by atoms with Crippen LogP contribution in [0, 0.1) is 0 Å². The second-order valence-electron chi connectivity index (χ2n) is 6.99. The van der Waals surface area contributed by atoms with Crippen LogP contribution in [0.3, 0.4) is 0 Å². The molecule has 0 aliphatic carbocycles. The van der Waals surface area contributed by atoms with Gasteiger partial charge in [-0.05, 0) is 18.2 Å². The number of benzene rings is 1. The van der Waals surface area contributed by atoms with E-state index in [4.69, 9.17) is 11.6 Å². The van der Waals surface area contributed by atoms with E-state index in [9.17, 15) is 4.79 Å². The number of piperazine rings is 1. The van der Waals surface area contributed by atoms with Gasteiger partial charge in [-0.2, -0.15) is 0 Å². The Morgan fingerprint density at radius 1 is 1.07 bits per heavy atom. The Balaban J connectivity index is 1.21. The number of nitrogens with zero attached hydrogens (tertiary/aromatic N) is 5. The standard InChI is InChI=1S/C21H18ClN5OS2/c22-16-5-2-1-4-15(16)19-24-14(13-29-19)12-18(28)26-8-10-27(11-9-26)21-25-17-6-3-7-23-20(17)30-21/h1-7,13H,8-12H2. The minimum absolute atomic E-state index is 0.108. The monoisotopic (exact) mass is 455 g/mol. The highest BCUT2D eigenvalue weighted by molar-refractivity contribution is 7.21. The summed E-state index contributed by atoms with van der Waals surface area (Å²) in [6.07, 6.45) is 2.10. The Labute approximate surface area is 186 Å². The third-order valence-corrected chi connectivity index (χ3v) is 7.34. The second kappa shape index (κ2) is 8.29. The summed E-state index contributed by atoms with van der Waals surface area (Å²) < 4.78 is 0. The number of aromatic nitrogens is 3. The molecule has 1 saturated heterocycles. The van der Waals surface area contributed by atoms with Gasteiger partial charge in [-0.15, -0.1) is 11.3 Å². The highest BCUT2D eigenvalue weighted by atomic mass is 35.5. The maximum atomic E-state index is 12.8. The van der Waals surface area contributed by atoms with E-state index < -0.39 is 0 Å². The van der Waals surface area contributed by atoms with Gasteiger partial charge < -0.3 is 9.80 Å². The van der Waals surface area contributed by atoms with E-state index in [-0.39, 0.29) is 5.91 Å². The van der Waals surface area contributed by atoms with Crippen LogP contribution in [0.25, 0.3) is 20.9 Å². The van der Waals surface area contributed by atoms with Crippen LogP contribution in [0.2, 0.25) is 5.02 Å². The lowest BCUT2D eigenvalue weighted by molar-refractivity contribution is -0.130. The van der Waals surface area contributed by atoms with Gasteiger partial charge in [0.1, 0.15) is 15.4 Å². The Morgan fingerprint density at radius 3 is 2.70 bits per heavy atom. The first-order valence-electron chi connectivity index (χ1n) is 9.61. The van der Waals surface area contributed by atoms with Gasteiger partial charge in [0.2, 0.25) is 5.91 Å². The van der Waals surface area contributed by atoms with Crippen LogP contribution in [0.4, 0.5) is 5.13 Å². The van der Waals surface area contributed by atoms with E-state index in [0.717, 1.165) is 44.8 Å². The first-order valence-corrected chi connectivity index (χ1v) is 11.7. The molecule has 0 bridgehead atoms. The van der Waals surface area contributed by atoms with Crippen molar-refractivity contribution >= 4 is 55.7 Å². The van der Waals surface area contributed by atoms with Crippen LogP contribution in [0.15, 0.2) is 48.0 Å². The normalized spacial score (nSPS) is 14.4. The summed E-state index contributed by atoms with van der Waals surface area (Å²) in [5.74, 6) is 0.108. The molecule has 1 fully saturated rings. The Morgan fingerprint density at radius 2 is 1.90 bits per heavy atom. The summed E-state index contributed by atoms with van der Waals surface area (Å²) in [6.45, 7) is 2.91. The number of thiazole rings is 2. The maximum Gasteiger partial charge on any atom is 0.228 e. The molecule has 1 aromatic carbocycles. The molecule has 5 rings (SSSR count). The minimum Gasteiger partial charge on any atom is -0.344 e. The molecule has 0 saturated carbocycles. The van der Waals surface area contributed by atoms with Crippen molar-refractivity contribution in [1.29, 1.82) is 0 Å². The average Bonchev–Trinajstić information content (AvgIpc) is 3.41. The molecule has 4 aromatic rings. The number of hydrogen-bond donors (Lipinski definition) is 0. The first-order chi connectivity index (χ1) is 14.7. The van der Waals surface area contributed by atoms with Gasteiger partial charge in [-0.25, -0.2) is 15.0 Å².